The van der Waals surface area contributed by atoms with Gasteiger partial charge in [0.15, 0.2) is 0 Å². The molecule has 0 nitrogen and oxygen atoms in total. The fourth-order valence-corrected chi connectivity index (χ4v) is 8.64. The molecule has 0 unspecified atom stereocenters. The largest absolute Gasteiger partial charge is 0.143 e. The minimum Gasteiger partial charge on any atom is -0.143 e. The van der Waals surface area contributed by atoms with Gasteiger partial charge in [-0.25, -0.2) is 0 Å². The number of rotatable bonds is 9. The van der Waals surface area contributed by atoms with Crippen LogP contribution >= 0.6 is 45.3 Å². The maximum Gasteiger partial charge on any atom is 0.0490 e. The molecule has 0 aliphatic heterocycles. The van der Waals surface area contributed by atoms with Gasteiger partial charge in [-0.05, 0) is 52.6 Å². The Morgan fingerprint density at radius 3 is 1.76 bits per heavy atom. The van der Waals surface area contributed by atoms with Crippen molar-refractivity contribution < 1.29 is 0 Å². The lowest BCUT2D eigenvalue weighted by atomic mass is 9.92. The lowest BCUT2D eigenvalue weighted by molar-refractivity contribution is 0.572. The smallest absolute Gasteiger partial charge is 0.0490 e. The van der Waals surface area contributed by atoms with Crippen molar-refractivity contribution in [3.05, 3.63) is 58.3 Å². The van der Waals surface area contributed by atoms with Gasteiger partial charge in [0.1, 0.15) is 0 Å². The number of fused-ring (bicyclic) bond motifs is 3. The van der Waals surface area contributed by atoms with Gasteiger partial charge in [-0.15, -0.1) is 45.3 Å². The highest BCUT2D eigenvalue weighted by atomic mass is 32.1. The molecule has 0 spiro atoms. The Hall–Kier alpha value is -1.20. The fraction of sp³-hybridized carbons (Fsp3) is 0.360. The van der Waals surface area contributed by atoms with Crippen LogP contribution in [-0.4, -0.2) is 0 Å². The molecule has 4 aromatic rings. The first kappa shape index (κ1) is 19.7. The molecule has 0 radical (unpaired) electrons. The maximum absolute atomic E-state index is 2.51. The minimum atomic E-state index is 0.598. The Morgan fingerprint density at radius 1 is 0.690 bits per heavy atom. The molecule has 29 heavy (non-hydrogen) atoms. The number of hydrogen-bond acceptors (Lipinski definition) is 4. The zero-order valence-corrected chi connectivity index (χ0v) is 20.0. The summed E-state index contributed by atoms with van der Waals surface area (Å²) in [5.74, 6) is 0.598. The third-order valence-electron chi connectivity index (χ3n) is 5.85. The highest BCUT2D eigenvalue weighted by Crippen LogP contribution is 2.57. The van der Waals surface area contributed by atoms with Crippen molar-refractivity contribution in [2.45, 2.75) is 57.8 Å². The molecule has 0 atom stereocenters. The van der Waals surface area contributed by atoms with E-state index in [2.05, 4.69) is 54.1 Å². The van der Waals surface area contributed by atoms with Gasteiger partial charge in [0.05, 0.1) is 0 Å². The predicted octanol–water partition coefficient (Wildman–Crippen LogP) is 10.1. The zero-order chi connectivity index (χ0) is 19.6. The monoisotopic (exact) mass is 454 g/mol. The van der Waals surface area contributed by atoms with E-state index >= 15 is 0 Å². The Morgan fingerprint density at radius 2 is 1.24 bits per heavy atom. The van der Waals surface area contributed by atoms with Crippen LogP contribution in [0, 0.1) is 0 Å². The average Bonchev–Trinajstić information content (AvgIpc) is 3.53. The van der Waals surface area contributed by atoms with E-state index in [1.165, 1.54) is 64.5 Å². The van der Waals surface area contributed by atoms with Crippen molar-refractivity contribution in [1.29, 1.82) is 0 Å². The van der Waals surface area contributed by atoms with E-state index < -0.39 is 0 Å². The zero-order valence-electron chi connectivity index (χ0n) is 16.8. The topological polar surface area (TPSA) is 0 Å². The first-order valence-corrected chi connectivity index (χ1v) is 14.1. The summed E-state index contributed by atoms with van der Waals surface area (Å²) in [6.45, 7) is 2.30. The van der Waals surface area contributed by atoms with Gasteiger partial charge in [0.25, 0.3) is 0 Å². The van der Waals surface area contributed by atoms with Gasteiger partial charge in [-0.3, -0.25) is 0 Å². The second-order valence-corrected chi connectivity index (χ2v) is 11.9. The van der Waals surface area contributed by atoms with Gasteiger partial charge in [0.2, 0.25) is 0 Å². The van der Waals surface area contributed by atoms with Crippen molar-refractivity contribution in [2.75, 3.05) is 0 Å². The molecule has 1 aliphatic carbocycles. The van der Waals surface area contributed by atoms with E-state index in [0.29, 0.717) is 5.92 Å². The molecule has 4 heteroatoms. The fourth-order valence-electron chi connectivity index (χ4n) is 4.37. The average molecular weight is 455 g/mol. The number of hydrogen-bond donors (Lipinski definition) is 0. The number of thiophene rings is 4. The molecule has 4 heterocycles. The van der Waals surface area contributed by atoms with Gasteiger partial charge < -0.3 is 0 Å². The first-order chi connectivity index (χ1) is 14.3. The van der Waals surface area contributed by atoms with Gasteiger partial charge in [-0.1, -0.05) is 57.6 Å². The molecule has 0 N–H and O–H groups in total. The quantitative estimate of drug-likeness (QED) is 0.221. The molecule has 0 amide bonds. The van der Waals surface area contributed by atoms with E-state index in [1.807, 2.05) is 45.3 Å². The lowest BCUT2D eigenvalue weighted by Gasteiger charge is -2.11. The molecule has 0 aromatic carbocycles. The maximum atomic E-state index is 2.51. The second-order valence-electron chi connectivity index (χ2n) is 7.85. The highest BCUT2D eigenvalue weighted by Gasteiger charge is 2.33. The molecular formula is C25H26S4. The van der Waals surface area contributed by atoms with Crippen LogP contribution in [0.15, 0.2) is 47.2 Å². The Labute approximate surface area is 189 Å². The van der Waals surface area contributed by atoms with Crippen LogP contribution in [0.2, 0.25) is 0 Å². The minimum absolute atomic E-state index is 0.598. The highest BCUT2D eigenvalue weighted by molar-refractivity contribution is 7.28. The summed E-state index contributed by atoms with van der Waals surface area (Å²) in [6, 6.07) is 13.9. The van der Waals surface area contributed by atoms with Gasteiger partial charge in [-0.2, -0.15) is 0 Å². The van der Waals surface area contributed by atoms with Crippen molar-refractivity contribution >= 4 is 45.3 Å². The van der Waals surface area contributed by atoms with Gasteiger partial charge in [0, 0.05) is 35.2 Å². The van der Waals surface area contributed by atoms with Crippen LogP contribution in [0.25, 0.3) is 29.3 Å². The summed E-state index contributed by atoms with van der Waals surface area (Å²) in [4.78, 5) is 8.84. The molecular weight excluding hydrogens is 429 g/mol. The van der Waals surface area contributed by atoms with Crippen molar-refractivity contribution in [3.63, 3.8) is 0 Å². The van der Waals surface area contributed by atoms with Crippen LogP contribution in [0.3, 0.4) is 0 Å². The van der Waals surface area contributed by atoms with Crippen LogP contribution in [0.1, 0.15) is 68.9 Å². The van der Waals surface area contributed by atoms with Crippen LogP contribution in [0.5, 0.6) is 0 Å². The normalized spacial score (nSPS) is 13.1. The first-order valence-electron chi connectivity index (χ1n) is 10.7. The Balaban J connectivity index is 1.43. The third kappa shape index (κ3) is 3.93. The summed E-state index contributed by atoms with van der Waals surface area (Å²) in [5, 5.41) is 4.39. The van der Waals surface area contributed by atoms with Crippen molar-refractivity contribution in [3.8, 4) is 29.3 Å². The van der Waals surface area contributed by atoms with E-state index in [0.717, 1.165) is 0 Å². The molecule has 1 aliphatic rings. The summed E-state index contributed by atoms with van der Waals surface area (Å²) >= 11 is 7.75. The molecule has 150 valence electrons. The molecule has 5 rings (SSSR count). The van der Waals surface area contributed by atoms with Gasteiger partial charge >= 0.3 is 0 Å². The Kier molecular flexibility index (Phi) is 6.05. The van der Waals surface area contributed by atoms with E-state index in [9.17, 15) is 0 Å². The molecule has 0 saturated heterocycles. The molecule has 4 aromatic heterocycles. The van der Waals surface area contributed by atoms with Crippen LogP contribution in [0.4, 0.5) is 0 Å². The van der Waals surface area contributed by atoms with E-state index in [1.54, 1.807) is 20.9 Å². The van der Waals surface area contributed by atoms with E-state index in [-0.39, 0.29) is 0 Å². The van der Waals surface area contributed by atoms with Crippen molar-refractivity contribution in [2.24, 2.45) is 0 Å². The van der Waals surface area contributed by atoms with Crippen LogP contribution < -0.4 is 0 Å². The summed E-state index contributed by atoms with van der Waals surface area (Å²) in [5.41, 5.74) is 3.21. The standard InChI is InChI=1S/C25H26S4/c1-2-3-4-5-6-7-10-17-18-15-22(20-11-8-13-26-20)28-24(18)25-19(17)16-23(29-25)21-12-9-14-27-21/h8-9,11-17H,2-7,10H2,1H3. The second kappa shape index (κ2) is 8.89. The summed E-state index contributed by atoms with van der Waals surface area (Å²) < 4.78 is 0. The number of unbranched alkanes of at least 4 members (excludes halogenated alkanes) is 5. The third-order valence-corrected chi connectivity index (χ3v) is 10.5. The predicted molar refractivity (Wildman–Crippen MR) is 134 cm³/mol. The SMILES string of the molecule is CCCCCCCCC1c2cc(-c3cccs3)sc2-c2sc(-c3cccs3)cc21. The summed E-state index contributed by atoms with van der Waals surface area (Å²) in [7, 11) is 0. The summed E-state index contributed by atoms with van der Waals surface area (Å²) in [6.07, 6.45) is 9.55. The lowest BCUT2D eigenvalue weighted by Crippen LogP contribution is -1.95. The Bertz CT molecular complexity index is 968. The molecule has 0 saturated carbocycles. The van der Waals surface area contributed by atoms with Crippen molar-refractivity contribution in [1.82, 2.24) is 0 Å². The van der Waals surface area contributed by atoms with Crippen LogP contribution in [-0.2, 0) is 0 Å². The molecule has 0 fully saturated rings. The van der Waals surface area contributed by atoms with E-state index in [4.69, 9.17) is 0 Å². The molecule has 0 bridgehead atoms.